The molecule has 0 aliphatic rings. The van der Waals surface area contributed by atoms with Gasteiger partial charge >= 0.3 is 0 Å². The third-order valence-electron chi connectivity index (χ3n) is 2.83. The van der Waals surface area contributed by atoms with Crippen molar-refractivity contribution in [1.82, 2.24) is 0 Å². The van der Waals surface area contributed by atoms with Crippen molar-refractivity contribution >= 4 is 0 Å². The topological polar surface area (TPSA) is 182 Å². The van der Waals surface area contributed by atoms with Crippen LogP contribution in [0.15, 0.2) is 0 Å². The van der Waals surface area contributed by atoms with Gasteiger partial charge in [-0.3, -0.25) is 0 Å². The van der Waals surface area contributed by atoms with E-state index in [1.807, 2.05) is 0 Å². The summed E-state index contributed by atoms with van der Waals surface area (Å²) in [6.45, 7) is 0.244. The normalized spacial score (nSPS) is 24.9. The molecular weight excluding hydrogens is 264 g/mol. The highest BCUT2D eigenvalue weighted by Gasteiger charge is 2.39. The van der Waals surface area contributed by atoms with E-state index in [4.69, 9.17) is 15.3 Å². The van der Waals surface area contributed by atoms with Crippen molar-refractivity contribution in [2.45, 2.75) is 55.8 Å². The summed E-state index contributed by atoms with van der Waals surface area (Å²) in [4.78, 5) is 0. The lowest BCUT2D eigenvalue weighted by Gasteiger charge is -2.32. The quantitative estimate of drug-likeness (QED) is 0.211. The van der Waals surface area contributed by atoms with Crippen LogP contribution >= 0.6 is 0 Å². The zero-order valence-electron chi connectivity index (χ0n) is 10.4. The van der Waals surface area contributed by atoms with Gasteiger partial charge in [-0.05, 0) is 6.92 Å². The van der Waals surface area contributed by atoms with E-state index in [1.54, 1.807) is 0 Å². The summed E-state index contributed by atoms with van der Waals surface area (Å²) in [7, 11) is 0. The van der Waals surface area contributed by atoms with Gasteiger partial charge in [0.05, 0.1) is 12.7 Å². The Balaban J connectivity index is 4.67. The van der Waals surface area contributed by atoms with Crippen LogP contribution in [0.25, 0.3) is 0 Å². The lowest BCUT2D eigenvalue weighted by Crippen LogP contribution is -2.56. The fourth-order valence-corrected chi connectivity index (χ4v) is 1.43. The van der Waals surface area contributed by atoms with E-state index in [9.17, 15) is 30.6 Å². The second kappa shape index (κ2) is 8.04. The maximum absolute atomic E-state index is 9.50. The van der Waals surface area contributed by atoms with Crippen LogP contribution < -0.4 is 0 Å². The fourth-order valence-electron chi connectivity index (χ4n) is 1.43. The molecule has 9 nitrogen and oxygen atoms in total. The van der Waals surface area contributed by atoms with Crippen LogP contribution in [0.5, 0.6) is 0 Å². The van der Waals surface area contributed by atoms with Crippen molar-refractivity contribution in [3.8, 4) is 0 Å². The summed E-state index contributed by atoms with van der Waals surface area (Å²) >= 11 is 0. The molecule has 9 N–H and O–H groups in total. The molecule has 116 valence electrons. The van der Waals surface area contributed by atoms with Crippen LogP contribution in [0.4, 0.5) is 0 Å². The molecule has 0 spiro atoms. The standard InChI is InChI=1S/C10H22O9/c1-3(12)5(14)7(16)9(18)10(19)8(17)6(15)4(13)2-11/h3-19H,2H2,1H3/t3-,4-,5-,6-,7+,8+,9+,10+/m1/s1. The second-order valence-corrected chi connectivity index (χ2v) is 4.43. The molecule has 0 saturated heterocycles. The summed E-state index contributed by atoms with van der Waals surface area (Å²) in [6.07, 6.45) is -15.2. The van der Waals surface area contributed by atoms with Crippen LogP contribution in [0.2, 0.25) is 0 Å². The van der Waals surface area contributed by atoms with Crippen LogP contribution in [0.3, 0.4) is 0 Å². The molecule has 0 aliphatic heterocycles. The molecule has 0 radical (unpaired) electrons. The first-order chi connectivity index (χ1) is 8.64. The predicted octanol–water partition coefficient (Wildman–Crippen LogP) is -5.11. The Labute approximate surface area is 109 Å². The molecule has 0 rings (SSSR count). The SMILES string of the molecule is C[C@@H](O)[C@@H](O)[C@H](O)[C@H](O)[C@@H](O)[C@@H](O)[C@H](O)[C@H](O)CO. The molecule has 0 fully saturated rings. The van der Waals surface area contributed by atoms with Crippen molar-refractivity contribution in [3.63, 3.8) is 0 Å². The lowest BCUT2D eigenvalue weighted by molar-refractivity contribution is -0.178. The summed E-state index contributed by atoms with van der Waals surface area (Å²) in [6, 6.07) is 0. The summed E-state index contributed by atoms with van der Waals surface area (Å²) in [5, 5.41) is 83.1. The van der Waals surface area contributed by atoms with E-state index in [1.165, 1.54) is 0 Å². The van der Waals surface area contributed by atoms with Crippen LogP contribution in [0.1, 0.15) is 6.92 Å². The Hall–Kier alpha value is -0.360. The first kappa shape index (κ1) is 18.6. The molecule has 0 amide bonds. The maximum Gasteiger partial charge on any atom is 0.111 e. The van der Waals surface area contributed by atoms with Crippen molar-refractivity contribution in [2.24, 2.45) is 0 Å². The first-order valence-corrected chi connectivity index (χ1v) is 5.70. The Morgan fingerprint density at radius 2 is 0.895 bits per heavy atom. The summed E-state index contributed by atoms with van der Waals surface area (Å²) in [5.74, 6) is 0. The van der Waals surface area contributed by atoms with E-state index in [-0.39, 0.29) is 0 Å². The maximum atomic E-state index is 9.50. The van der Waals surface area contributed by atoms with Crippen molar-refractivity contribution in [3.05, 3.63) is 0 Å². The van der Waals surface area contributed by atoms with E-state index in [0.717, 1.165) is 6.92 Å². The smallest absolute Gasteiger partial charge is 0.111 e. The molecule has 0 unspecified atom stereocenters. The molecule has 8 atom stereocenters. The van der Waals surface area contributed by atoms with Crippen LogP contribution in [-0.2, 0) is 0 Å². The van der Waals surface area contributed by atoms with Gasteiger partial charge in [0.15, 0.2) is 0 Å². The predicted molar refractivity (Wildman–Crippen MR) is 60.8 cm³/mol. The highest BCUT2D eigenvalue weighted by atomic mass is 16.4. The van der Waals surface area contributed by atoms with Crippen LogP contribution in [0, 0.1) is 0 Å². The fraction of sp³-hybridized carbons (Fsp3) is 1.00. The van der Waals surface area contributed by atoms with Gasteiger partial charge in [-0.2, -0.15) is 0 Å². The van der Waals surface area contributed by atoms with E-state index in [2.05, 4.69) is 0 Å². The minimum absolute atomic E-state index is 0.889. The number of aliphatic hydroxyl groups is 9. The average Bonchev–Trinajstić information content (AvgIpc) is 2.40. The third kappa shape index (κ3) is 4.91. The van der Waals surface area contributed by atoms with E-state index >= 15 is 0 Å². The largest absolute Gasteiger partial charge is 0.394 e. The molecule has 19 heavy (non-hydrogen) atoms. The van der Waals surface area contributed by atoms with Crippen molar-refractivity contribution < 1.29 is 46.0 Å². The summed E-state index contributed by atoms with van der Waals surface area (Å²) < 4.78 is 0. The monoisotopic (exact) mass is 286 g/mol. The number of hydrogen-bond donors (Lipinski definition) is 9. The number of rotatable bonds is 8. The molecule has 0 saturated carbocycles. The molecule has 9 heteroatoms. The zero-order valence-corrected chi connectivity index (χ0v) is 10.4. The minimum Gasteiger partial charge on any atom is -0.394 e. The van der Waals surface area contributed by atoms with Gasteiger partial charge in [0.2, 0.25) is 0 Å². The molecule has 0 bridgehead atoms. The lowest BCUT2D eigenvalue weighted by atomic mass is 9.93. The molecular formula is C10H22O9. The van der Waals surface area contributed by atoms with E-state index < -0.39 is 55.4 Å². The Bertz CT molecular complexity index is 249. The Morgan fingerprint density at radius 1 is 0.579 bits per heavy atom. The number of aliphatic hydroxyl groups excluding tert-OH is 9. The summed E-state index contributed by atoms with van der Waals surface area (Å²) in [5.41, 5.74) is 0. The van der Waals surface area contributed by atoms with Gasteiger partial charge in [-0.1, -0.05) is 0 Å². The van der Waals surface area contributed by atoms with Crippen molar-refractivity contribution in [2.75, 3.05) is 6.61 Å². The van der Waals surface area contributed by atoms with Gasteiger partial charge in [0.1, 0.15) is 42.7 Å². The van der Waals surface area contributed by atoms with Gasteiger partial charge in [0.25, 0.3) is 0 Å². The van der Waals surface area contributed by atoms with Gasteiger partial charge in [0, 0.05) is 0 Å². The molecule has 0 aromatic heterocycles. The molecule has 0 heterocycles. The third-order valence-corrected chi connectivity index (χ3v) is 2.83. The van der Waals surface area contributed by atoms with E-state index in [0.29, 0.717) is 0 Å². The highest BCUT2D eigenvalue weighted by molar-refractivity contribution is 4.90. The minimum atomic E-state index is -2.11. The second-order valence-electron chi connectivity index (χ2n) is 4.43. The van der Waals surface area contributed by atoms with Gasteiger partial charge in [-0.25, -0.2) is 0 Å². The Morgan fingerprint density at radius 3 is 1.21 bits per heavy atom. The van der Waals surface area contributed by atoms with Gasteiger partial charge in [-0.15, -0.1) is 0 Å². The van der Waals surface area contributed by atoms with Crippen LogP contribution in [-0.4, -0.2) is 101 Å². The molecule has 0 aromatic rings. The molecule has 0 aliphatic carbocycles. The van der Waals surface area contributed by atoms with Gasteiger partial charge < -0.3 is 46.0 Å². The Kier molecular flexibility index (Phi) is 7.89. The van der Waals surface area contributed by atoms with Crippen molar-refractivity contribution in [1.29, 1.82) is 0 Å². The number of hydrogen-bond acceptors (Lipinski definition) is 9. The first-order valence-electron chi connectivity index (χ1n) is 5.70. The molecule has 0 aromatic carbocycles. The highest BCUT2D eigenvalue weighted by Crippen LogP contribution is 2.14. The average molecular weight is 286 g/mol. The zero-order chi connectivity index (χ0) is 15.3.